The Labute approximate surface area is 123 Å². The summed E-state index contributed by atoms with van der Waals surface area (Å²) in [6.45, 7) is 7.93. The van der Waals surface area contributed by atoms with Crippen molar-refractivity contribution in [3.05, 3.63) is 0 Å². The first-order valence-corrected chi connectivity index (χ1v) is 8.82. The second-order valence-electron chi connectivity index (χ2n) is 7.54. The number of aliphatic hydroxyl groups excluding tert-OH is 1. The number of hydrogen-bond acceptors (Lipinski definition) is 2. The van der Waals surface area contributed by atoms with Crippen LogP contribution in [0.5, 0.6) is 0 Å². The van der Waals surface area contributed by atoms with Crippen LogP contribution in [-0.2, 0) is 4.74 Å². The maximum absolute atomic E-state index is 10.2. The van der Waals surface area contributed by atoms with E-state index in [0.717, 1.165) is 43.3 Å². The maximum Gasteiger partial charge on any atom is 0.126 e. The van der Waals surface area contributed by atoms with Gasteiger partial charge in [-0.2, -0.15) is 0 Å². The molecule has 0 spiro atoms. The molecule has 0 radical (unpaired) electrons. The minimum Gasteiger partial charge on any atom is -0.385 e. The van der Waals surface area contributed by atoms with E-state index in [1.807, 2.05) is 0 Å². The Balaban J connectivity index is 1.46. The molecule has 3 heteroatoms. The molecule has 0 aromatic heterocycles. The monoisotopic (exact) mass is 282 g/mol. The van der Waals surface area contributed by atoms with Gasteiger partial charge in [0.15, 0.2) is 0 Å². The third kappa shape index (κ3) is 3.05. The molecule has 20 heavy (non-hydrogen) atoms. The molecule has 0 aromatic rings. The molecule has 0 unspecified atom stereocenters. The van der Waals surface area contributed by atoms with E-state index in [-0.39, 0.29) is 6.10 Å². The van der Waals surface area contributed by atoms with Gasteiger partial charge in [0, 0.05) is 0 Å². The summed E-state index contributed by atoms with van der Waals surface area (Å²) in [5.74, 6) is 3.61. The van der Waals surface area contributed by atoms with Crippen molar-refractivity contribution < 1.29 is 14.7 Å². The van der Waals surface area contributed by atoms with E-state index in [1.54, 1.807) is 0 Å². The van der Waals surface area contributed by atoms with E-state index in [2.05, 4.69) is 13.8 Å². The van der Waals surface area contributed by atoms with Gasteiger partial charge in [0.05, 0.1) is 25.8 Å². The van der Waals surface area contributed by atoms with Gasteiger partial charge >= 0.3 is 0 Å². The molecule has 4 aliphatic rings. The summed E-state index contributed by atoms with van der Waals surface area (Å²) in [4.78, 5) is 1.46. The zero-order valence-electron chi connectivity index (χ0n) is 13.2. The number of aliphatic hydroxyl groups is 1. The van der Waals surface area contributed by atoms with Gasteiger partial charge in [-0.1, -0.05) is 0 Å². The Morgan fingerprint density at radius 2 is 1.55 bits per heavy atom. The van der Waals surface area contributed by atoms with Crippen molar-refractivity contribution in [3.8, 4) is 0 Å². The molecule has 2 N–H and O–H groups in total. The lowest BCUT2D eigenvalue weighted by Crippen LogP contribution is -3.12. The summed E-state index contributed by atoms with van der Waals surface area (Å²) < 4.78 is 6.21. The molecule has 0 saturated heterocycles. The normalized spacial score (nSPS) is 40.5. The van der Waals surface area contributed by atoms with Gasteiger partial charge < -0.3 is 14.7 Å². The van der Waals surface area contributed by atoms with Gasteiger partial charge in [-0.05, 0) is 69.6 Å². The van der Waals surface area contributed by atoms with Gasteiger partial charge in [-0.3, -0.25) is 0 Å². The highest BCUT2D eigenvalue weighted by molar-refractivity contribution is 4.99. The number of hydrogen-bond donors (Lipinski definition) is 2. The van der Waals surface area contributed by atoms with Crippen LogP contribution in [0.3, 0.4) is 0 Å². The molecule has 116 valence electrons. The molecule has 4 aliphatic carbocycles. The zero-order chi connectivity index (χ0) is 14.1. The summed E-state index contributed by atoms with van der Waals surface area (Å²) in [6.07, 6.45) is 7.26. The van der Waals surface area contributed by atoms with Crippen LogP contribution in [0.4, 0.5) is 0 Å². The molecule has 0 amide bonds. The average Bonchev–Trinajstić information content (AvgIpc) is 2.43. The first kappa shape index (κ1) is 14.8. The van der Waals surface area contributed by atoms with E-state index in [1.165, 1.54) is 37.0 Å². The van der Waals surface area contributed by atoms with Gasteiger partial charge in [-0.15, -0.1) is 0 Å². The molecular formula is C17H32NO2+. The quantitative estimate of drug-likeness (QED) is 0.733. The van der Waals surface area contributed by atoms with E-state index in [0.29, 0.717) is 12.7 Å². The topological polar surface area (TPSA) is 33.9 Å². The predicted octanol–water partition coefficient (Wildman–Crippen LogP) is 1.11. The summed E-state index contributed by atoms with van der Waals surface area (Å²) in [5, 5.41) is 10.2. The van der Waals surface area contributed by atoms with E-state index >= 15 is 0 Å². The van der Waals surface area contributed by atoms with Crippen molar-refractivity contribution in [1.82, 2.24) is 0 Å². The molecule has 1 atom stereocenters. The molecule has 0 aromatic carbocycles. The standard InChI is InChI=1S/C17H31NO2/c1-3-18(4-2)10-16(19)11-20-17-14-6-12-5-13(8-14)9-15(17)7-12/h12-17,19H,3-11H2,1-2H3/p+1/t12?,13?,14?,15?,16-,17?/m0/s1. The largest absolute Gasteiger partial charge is 0.385 e. The second kappa shape index (κ2) is 6.33. The fraction of sp³-hybridized carbons (Fsp3) is 1.00. The number of quaternary nitrogens is 1. The van der Waals surface area contributed by atoms with Crippen molar-refractivity contribution in [2.45, 2.75) is 58.2 Å². The zero-order valence-corrected chi connectivity index (χ0v) is 13.2. The van der Waals surface area contributed by atoms with E-state index < -0.39 is 0 Å². The lowest BCUT2D eigenvalue weighted by Gasteiger charge is -2.54. The van der Waals surface area contributed by atoms with Gasteiger partial charge in [0.2, 0.25) is 0 Å². The van der Waals surface area contributed by atoms with Crippen molar-refractivity contribution in [1.29, 1.82) is 0 Å². The van der Waals surface area contributed by atoms with E-state index in [4.69, 9.17) is 4.74 Å². The Morgan fingerprint density at radius 3 is 2.05 bits per heavy atom. The number of ether oxygens (including phenoxy) is 1. The molecule has 3 nitrogen and oxygen atoms in total. The van der Waals surface area contributed by atoms with Crippen LogP contribution in [0.2, 0.25) is 0 Å². The van der Waals surface area contributed by atoms with Crippen LogP contribution in [0.1, 0.15) is 46.0 Å². The minimum atomic E-state index is -0.290. The van der Waals surface area contributed by atoms with Crippen LogP contribution < -0.4 is 4.90 Å². The van der Waals surface area contributed by atoms with Crippen LogP contribution in [0.25, 0.3) is 0 Å². The van der Waals surface area contributed by atoms with Gasteiger partial charge in [-0.25, -0.2) is 0 Å². The summed E-state index contributed by atoms with van der Waals surface area (Å²) in [6, 6.07) is 0. The van der Waals surface area contributed by atoms with Crippen molar-refractivity contribution >= 4 is 0 Å². The highest BCUT2D eigenvalue weighted by Gasteiger charge is 2.48. The minimum absolute atomic E-state index is 0.290. The highest BCUT2D eigenvalue weighted by Crippen LogP contribution is 2.54. The van der Waals surface area contributed by atoms with Crippen molar-refractivity contribution in [2.75, 3.05) is 26.2 Å². The molecule has 0 aliphatic heterocycles. The Bertz CT molecular complexity index is 288. The van der Waals surface area contributed by atoms with Crippen LogP contribution >= 0.6 is 0 Å². The Hall–Kier alpha value is -0.120. The fourth-order valence-electron chi connectivity index (χ4n) is 5.30. The Morgan fingerprint density at radius 1 is 1.00 bits per heavy atom. The first-order chi connectivity index (χ1) is 9.69. The van der Waals surface area contributed by atoms with Crippen LogP contribution in [0, 0.1) is 23.7 Å². The highest BCUT2D eigenvalue weighted by atomic mass is 16.5. The molecular weight excluding hydrogens is 250 g/mol. The average molecular weight is 282 g/mol. The number of nitrogens with one attached hydrogen (secondary N) is 1. The van der Waals surface area contributed by atoms with Crippen LogP contribution in [-0.4, -0.2) is 43.6 Å². The number of likely N-dealkylation sites (N-methyl/N-ethyl adjacent to an activating group) is 1. The van der Waals surface area contributed by atoms with Gasteiger partial charge in [0.1, 0.15) is 12.6 Å². The fourth-order valence-corrected chi connectivity index (χ4v) is 5.30. The SMILES string of the molecule is CC[NH+](CC)C[C@H](O)COC1C2CC3CC(C2)CC1C3. The lowest BCUT2D eigenvalue weighted by atomic mass is 9.55. The third-order valence-electron chi connectivity index (χ3n) is 6.15. The summed E-state index contributed by atoms with van der Waals surface area (Å²) in [5.41, 5.74) is 0. The molecule has 4 fully saturated rings. The van der Waals surface area contributed by atoms with Crippen LogP contribution in [0.15, 0.2) is 0 Å². The first-order valence-electron chi connectivity index (χ1n) is 8.82. The Kier molecular flexibility index (Phi) is 4.68. The van der Waals surface area contributed by atoms with Gasteiger partial charge in [0.25, 0.3) is 0 Å². The molecule has 4 bridgehead atoms. The summed E-state index contributed by atoms with van der Waals surface area (Å²) in [7, 11) is 0. The second-order valence-corrected chi connectivity index (χ2v) is 7.54. The van der Waals surface area contributed by atoms with Crippen molar-refractivity contribution in [3.63, 3.8) is 0 Å². The third-order valence-corrected chi connectivity index (χ3v) is 6.15. The number of rotatable bonds is 7. The van der Waals surface area contributed by atoms with E-state index in [9.17, 15) is 5.11 Å². The summed E-state index contributed by atoms with van der Waals surface area (Å²) >= 11 is 0. The molecule has 0 heterocycles. The predicted molar refractivity (Wildman–Crippen MR) is 79.7 cm³/mol. The smallest absolute Gasteiger partial charge is 0.126 e. The molecule has 4 saturated carbocycles. The lowest BCUT2D eigenvalue weighted by molar-refractivity contribution is -0.899. The van der Waals surface area contributed by atoms with Crippen molar-refractivity contribution in [2.24, 2.45) is 23.7 Å². The molecule has 4 rings (SSSR count). The maximum atomic E-state index is 10.2.